The van der Waals surface area contributed by atoms with Gasteiger partial charge in [-0.25, -0.2) is 0 Å². The molecule has 1 aromatic heterocycles. The van der Waals surface area contributed by atoms with E-state index in [1.807, 2.05) is 0 Å². The van der Waals surface area contributed by atoms with E-state index in [-0.39, 0.29) is 17.7 Å². The molecule has 1 saturated heterocycles. The van der Waals surface area contributed by atoms with Gasteiger partial charge in [0.05, 0.1) is 0 Å². The Morgan fingerprint density at radius 1 is 1.71 bits per heavy atom. The number of nitrogens with one attached hydrogen (secondary N) is 1. The van der Waals surface area contributed by atoms with Crippen LogP contribution in [0.1, 0.15) is 19.3 Å². The molecular formula is C10H16N4O3. The maximum atomic E-state index is 10.7. The number of hydrogen-bond acceptors (Lipinski definition) is 5. The molecule has 17 heavy (non-hydrogen) atoms. The van der Waals surface area contributed by atoms with Crippen LogP contribution in [0, 0.1) is 10.1 Å². The average Bonchev–Trinajstić information content (AvgIpc) is 2.69. The second kappa shape index (κ2) is 5.13. The molecule has 1 aliphatic heterocycles. The van der Waals surface area contributed by atoms with Crippen molar-refractivity contribution in [1.29, 1.82) is 0 Å². The summed E-state index contributed by atoms with van der Waals surface area (Å²) in [5.41, 5.74) is 0. The minimum absolute atomic E-state index is 0.219. The zero-order valence-electron chi connectivity index (χ0n) is 9.76. The Morgan fingerprint density at radius 3 is 3.18 bits per heavy atom. The van der Waals surface area contributed by atoms with Crippen molar-refractivity contribution in [2.75, 3.05) is 13.2 Å². The number of nitro groups is 1. The van der Waals surface area contributed by atoms with Crippen LogP contribution in [-0.2, 0) is 7.05 Å². The minimum Gasteiger partial charge on any atom is -0.471 e. The predicted octanol–water partition coefficient (Wildman–Crippen LogP) is 0.849. The van der Waals surface area contributed by atoms with Gasteiger partial charge in [0.25, 0.3) is 5.88 Å². The van der Waals surface area contributed by atoms with Crippen molar-refractivity contribution in [2.24, 2.45) is 7.05 Å². The van der Waals surface area contributed by atoms with Crippen LogP contribution in [0.25, 0.3) is 0 Å². The molecule has 1 atom stereocenters. The second-order valence-corrected chi connectivity index (χ2v) is 4.20. The van der Waals surface area contributed by atoms with Crippen LogP contribution in [0.2, 0.25) is 0 Å². The Hall–Kier alpha value is -1.63. The molecule has 1 N–H and O–H groups in total. The molecule has 0 bridgehead atoms. The molecule has 0 radical (unpaired) electrons. The van der Waals surface area contributed by atoms with E-state index in [1.54, 1.807) is 7.05 Å². The highest BCUT2D eigenvalue weighted by molar-refractivity contribution is 5.33. The van der Waals surface area contributed by atoms with E-state index in [1.165, 1.54) is 23.7 Å². The lowest BCUT2D eigenvalue weighted by Gasteiger charge is -2.23. The first kappa shape index (κ1) is 11.8. The molecule has 7 heteroatoms. The van der Waals surface area contributed by atoms with Gasteiger partial charge in [-0.05, 0) is 29.3 Å². The van der Waals surface area contributed by atoms with Crippen LogP contribution < -0.4 is 10.1 Å². The van der Waals surface area contributed by atoms with E-state index in [9.17, 15) is 10.1 Å². The van der Waals surface area contributed by atoms with Crippen LogP contribution in [0.15, 0.2) is 6.33 Å². The summed E-state index contributed by atoms with van der Waals surface area (Å²) in [6.45, 7) is 1.43. The third-order valence-corrected chi connectivity index (χ3v) is 2.87. The quantitative estimate of drug-likeness (QED) is 0.623. The Labute approximate surface area is 98.9 Å². The summed E-state index contributed by atoms with van der Waals surface area (Å²) in [7, 11) is 1.68. The Balaban J connectivity index is 1.97. The first-order chi connectivity index (χ1) is 8.18. The summed E-state index contributed by atoms with van der Waals surface area (Å²) in [5, 5.41) is 14.0. The molecule has 2 heterocycles. The van der Waals surface area contributed by atoms with Crippen molar-refractivity contribution in [2.45, 2.75) is 25.3 Å². The largest absolute Gasteiger partial charge is 0.471 e. The fraction of sp³-hybridized carbons (Fsp3) is 0.700. The van der Waals surface area contributed by atoms with Crippen molar-refractivity contribution >= 4 is 5.82 Å². The maximum absolute atomic E-state index is 10.7. The fourth-order valence-corrected chi connectivity index (χ4v) is 1.94. The minimum atomic E-state index is -0.524. The van der Waals surface area contributed by atoms with E-state index in [0.717, 1.165) is 13.0 Å². The SMILES string of the molecule is Cn1cnc([N+](=O)[O-])c1OCC1CCCCN1. The van der Waals surface area contributed by atoms with Gasteiger partial charge in [-0.2, -0.15) is 0 Å². The zero-order valence-corrected chi connectivity index (χ0v) is 9.76. The zero-order chi connectivity index (χ0) is 12.3. The van der Waals surface area contributed by atoms with Gasteiger partial charge in [0.15, 0.2) is 0 Å². The van der Waals surface area contributed by atoms with Crippen molar-refractivity contribution in [3.63, 3.8) is 0 Å². The molecule has 0 saturated carbocycles. The first-order valence-corrected chi connectivity index (χ1v) is 5.70. The van der Waals surface area contributed by atoms with Crippen molar-refractivity contribution in [3.05, 3.63) is 16.4 Å². The van der Waals surface area contributed by atoms with E-state index < -0.39 is 4.92 Å². The lowest BCUT2D eigenvalue weighted by atomic mass is 10.1. The van der Waals surface area contributed by atoms with E-state index in [4.69, 9.17) is 4.74 Å². The van der Waals surface area contributed by atoms with Crippen LogP contribution in [0.4, 0.5) is 5.82 Å². The van der Waals surface area contributed by atoms with Gasteiger partial charge in [0.2, 0.25) is 6.33 Å². The first-order valence-electron chi connectivity index (χ1n) is 5.70. The van der Waals surface area contributed by atoms with E-state index in [0.29, 0.717) is 6.61 Å². The average molecular weight is 240 g/mol. The summed E-state index contributed by atoms with van der Waals surface area (Å²) in [6, 6.07) is 0.276. The third-order valence-electron chi connectivity index (χ3n) is 2.87. The molecule has 0 spiro atoms. The molecule has 94 valence electrons. The Bertz CT molecular complexity index is 398. The molecule has 0 amide bonds. The fourth-order valence-electron chi connectivity index (χ4n) is 1.94. The number of piperidine rings is 1. The lowest BCUT2D eigenvalue weighted by molar-refractivity contribution is -0.390. The van der Waals surface area contributed by atoms with Gasteiger partial charge in [0, 0.05) is 13.1 Å². The van der Waals surface area contributed by atoms with Gasteiger partial charge < -0.3 is 20.2 Å². The molecule has 1 fully saturated rings. The molecular weight excluding hydrogens is 224 g/mol. The van der Waals surface area contributed by atoms with Crippen LogP contribution in [0.3, 0.4) is 0 Å². The number of aryl methyl sites for hydroxylation is 1. The normalized spacial score (nSPS) is 20.2. The van der Waals surface area contributed by atoms with Gasteiger partial charge in [0.1, 0.15) is 6.61 Å². The summed E-state index contributed by atoms with van der Waals surface area (Å²) in [6.07, 6.45) is 4.80. The van der Waals surface area contributed by atoms with Crippen molar-refractivity contribution in [3.8, 4) is 5.88 Å². The molecule has 1 unspecified atom stereocenters. The number of nitrogens with zero attached hydrogens (tertiary/aromatic N) is 3. The lowest BCUT2D eigenvalue weighted by Crippen LogP contribution is -2.38. The number of rotatable bonds is 4. The Kier molecular flexibility index (Phi) is 3.58. The summed E-state index contributed by atoms with van der Waals surface area (Å²) >= 11 is 0. The highest BCUT2D eigenvalue weighted by Gasteiger charge is 2.23. The van der Waals surface area contributed by atoms with Crippen LogP contribution in [0.5, 0.6) is 5.88 Å². The molecule has 0 aliphatic carbocycles. The highest BCUT2D eigenvalue weighted by atomic mass is 16.6. The van der Waals surface area contributed by atoms with Gasteiger partial charge >= 0.3 is 5.82 Å². The van der Waals surface area contributed by atoms with Crippen LogP contribution in [-0.4, -0.2) is 33.7 Å². The highest BCUT2D eigenvalue weighted by Crippen LogP contribution is 2.24. The monoisotopic (exact) mass is 240 g/mol. The Morgan fingerprint density at radius 2 is 2.53 bits per heavy atom. The van der Waals surface area contributed by atoms with Crippen LogP contribution >= 0.6 is 0 Å². The summed E-state index contributed by atoms with van der Waals surface area (Å²) in [4.78, 5) is 13.9. The predicted molar refractivity (Wildman–Crippen MR) is 61.0 cm³/mol. The molecule has 1 aromatic rings. The molecule has 7 nitrogen and oxygen atoms in total. The van der Waals surface area contributed by atoms with Gasteiger partial charge in [-0.3, -0.25) is 4.57 Å². The van der Waals surface area contributed by atoms with Gasteiger partial charge in [-0.15, -0.1) is 0 Å². The molecule has 1 aliphatic rings. The summed E-state index contributed by atoms with van der Waals surface area (Å²) < 4.78 is 7.03. The topological polar surface area (TPSA) is 82.2 Å². The van der Waals surface area contributed by atoms with Gasteiger partial charge in [-0.1, -0.05) is 6.42 Å². The van der Waals surface area contributed by atoms with Crippen molar-refractivity contribution in [1.82, 2.24) is 14.9 Å². The standard InChI is InChI=1S/C10H16N4O3/c1-13-7-12-9(14(15)16)10(13)17-6-8-4-2-3-5-11-8/h7-8,11H,2-6H2,1H3. The maximum Gasteiger partial charge on any atom is 0.426 e. The van der Waals surface area contributed by atoms with E-state index in [2.05, 4.69) is 10.3 Å². The molecule has 2 rings (SSSR count). The number of hydrogen-bond donors (Lipinski definition) is 1. The number of aromatic nitrogens is 2. The summed E-state index contributed by atoms with van der Waals surface area (Å²) in [5.74, 6) is 0.00526. The third kappa shape index (κ3) is 2.73. The second-order valence-electron chi connectivity index (χ2n) is 4.20. The van der Waals surface area contributed by atoms with Crippen molar-refractivity contribution < 1.29 is 9.66 Å². The molecule has 0 aromatic carbocycles. The smallest absolute Gasteiger partial charge is 0.426 e. The number of ether oxygens (including phenoxy) is 1. The van der Waals surface area contributed by atoms with E-state index >= 15 is 0 Å². The number of imidazole rings is 1.